The summed E-state index contributed by atoms with van der Waals surface area (Å²) in [6, 6.07) is 14.0. The fraction of sp³-hybridized carbons (Fsp3) is 0.350. The monoisotopic (exact) mass is 438 g/mol. The van der Waals surface area contributed by atoms with E-state index in [9.17, 15) is 9.36 Å². The van der Waals surface area contributed by atoms with Crippen LogP contribution < -0.4 is 15.5 Å². The SMILES string of the molecule is COc1ccc(P2(=O)OCCCC(Cc3ccc(Cl)cc3)N2CC(=O)NO)cc1. The van der Waals surface area contributed by atoms with Crippen molar-refractivity contribution in [3.05, 3.63) is 59.1 Å². The molecule has 2 aromatic rings. The number of carbonyl (C=O) groups is 1. The van der Waals surface area contributed by atoms with E-state index < -0.39 is 13.4 Å². The maximum Gasteiger partial charge on any atom is 0.303 e. The van der Waals surface area contributed by atoms with Gasteiger partial charge >= 0.3 is 7.52 Å². The molecule has 0 radical (unpaired) electrons. The molecule has 0 spiro atoms. The predicted molar refractivity (Wildman–Crippen MR) is 111 cm³/mol. The molecular weight excluding hydrogens is 415 g/mol. The molecule has 0 bridgehead atoms. The van der Waals surface area contributed by atoms with Crippen LogP contribution in [0.5, 0.6) is 5.75 Å². The summed E-state index contributed by atoms with van der Waals surface area (Å²) in [6.07, 6.45) is 1.97. The molecule has 1 aliphatic rings. The molecule has 1 saturated heterocycles. The average Bonchev–Trinajstić information content (AvgIpc) is 2.90. The molecule has 2 atom stereocenters. The van der Waals surface area contributed by atoms with Crippen molar-refractivity contribution >= 4 is 30.3 Å². The minimum atomic E-state index is -3.54. The Hall–Kier alpha value is -1.89. The molecule has 0 aromatic heterocycles. The topological polar surface area (TPSA) is 88.1 Å². The highest BCUT2D eigenvalue weighted by Gasteiger charge is 2.41. The second-order valence-electron chi connectivity index (χ2n) is 6.81. The number of rotatable bonds is 6. The summed E-state index contributed by atoms with van der Waals surface area (Å²) in [6.45, 7) is 0.0652. The van der Waals surface area contributed by atoms with Crippen LogP contribution in [0.15, 0.2) is 48.5 Å². The van der Waals surface area contributed by atoms with Crippen molar-refractivity contribution in [3.8, 4) is 5.75 Å². The predicted octanol–water partition coefficient (Wildman–Crippen LogP) is 3.40. The van der Waals surface area contributed by atoms with E-state index in [-0.39, 0.29) is 12.6 Å². The van der Waals surface area contributed by atoms with E-state index in [1.165, 1.54) is 0 Å². The van der Waals surface area contributed by atoms with Crippen molar-refractivity contribution in [1.82, 2.24) is 10.2 Å². The van der Waals surface area contributed by atoms with Crippen LogP contribution in [-0.4, -0.2) is 42.1 Å². The minimum absolute atomic E-state index is 0.219. The normalized spacial score (nSPS) is 22.7. The molecule has 2 N–H and O–H groups in total. The van der Waals surface area contributed by atoms with Gasteiger partial charge in [-0.2, -0.15) is 0 Å². The highest BCUT2D eigenvalue weighted by atomic mass is 35.5. The standard InChI is InChI=1S/C20H24ClN2O5P/c1-27-18-8-10-19(11-9-18)29(26)23(14-20(24)22-25)17(3-2-12-28-29)13-15-4-6-16(21)7-5-15/h4-11,17,25H,2-3,12-14H2,1H3,(H,22,24). The zero-order chi connectivity index (χ0) is 20.9. The Labute approximate surface area is 175 Å². The van der Waals surface area contributed by atoms with Gasteiger partial charge in [0.15, 0.2) is 0 Å². The quantitative estimate of drug-likeness (QED) is 0.408. The number of halogens is 1. The van der Waals surface area contributed by atoms with Gasteiger partial charge in [0, 0.05) is 11.1 Å². The van der Waals surface area contributed by atoms with E-state index >= 15 is 0 Å². The Balaban J connectivity index is 1.98. The lowest BCUT2D eigenvalue weighted by Gasteiger charge is -2.34. The smallest absolute Gasteiger partial charge is 0.303 e. The highest BCUT2D eigenvalue weighted by molar-refractivity contribution is 7.64. The molecule has 7 nitrogen and oxygen atoms in total. The van der Waals surface area contributed by atoms with Crippen LogP contribution in [-0.2, 0) is 20.3 Å². The molecule has 0 saturated carbocycles. The van der Waals surface area contributed by atoms with Crippen molar-refractivity contribution in [2.75, 3.05) is 20.3 Å². The van der Waals surface area contributed by atoms with Crippen molar-refractivity contribution < 1.29 is 23.8 Å². The van der Waals surface area contributed by atoms with Gasteiger partial charge in [0.25, 0.3) is 5.91 Å². The van der Waals surface area contributed by atoms with Gasteiger partial charge in [-0.05, 0) is 61.2 Å². The summed E-state index contributed by atoms with van der Waals surface area (Å²) in [5.74, 6) is -0.0159. The molecule has 2 unspecified atom stereocenters. The Morgan fingerprint density at radius 1 is 1.28 bits per heavy atom. The van der Waals surface area contributed by atoms with Gasteiger partial charge in [-0.3, -0.25) is 14.6 Å². The van der Waals surface area contributed by atoms with Crippen molar-refractivity contribution in [1.29, 1.82) is 0 Å². The first kappa shape index (κ1) is 21.8. The molecule has 156 valence electrons. The summed E-state index contributed by atoms with van der Waals surface area (Å²) >= 11 is 5.98. The second kappa shape index (κ2) is 9.74. The number of hydrogen-bond donors (Lipinski definition) is 2. The minimum Gasteiger partial charge on any atom is -0.497 e. The van der Waals surface area contributed by atoms with Crippen LogP contribution in [0.2, 0.25) is 5.02 Å². The third-order valence-corrected chi connectivity index (χ3v) is 7.80. The van der Waals surface area contributed by atoms with E-state index in [0.29, 0.717) is 41.9 Å². The van der Waals surface area contributed by atoms with E-state index in [0.717, 1.165) is 5.56 Å². The number of amides is 1. The van der Waals surface area contributed by atoms with Gasteiger partial charge in [-0.25, -0.2) is 10.2 Å². The lowest BCUT2D eigenvalue weighted by Crippen LogP contribution is -2.42. The van der Waals surface area contributed by atoms with Crippen LogP contribution in [0.3, 0.4) is 0 Å². The fourth-order valence-corrected chi connectivity index (χ4v) is 6.01. The van der Waals surface area contributed by atoms with Crippen molar-refractivity contribution in [3.63, 3.8) is 0 Å². The maximum atomic E-state index is 14.1. The third-order valence-electron chi connectivity index (χ3n) is 4.92. The second-order valence-corrected chi connectivity index (χ2v) is 9.58. The number of nitrogens with one attached hydrogen (secondary N) is 1. The van der Waals surface area contributed by atoms with Crippen LogP contribution in [0, 0.1) is 0 Å². The molecule has 9 heteroatoms. The average molecular weight is 439 g/mol. The molecule has 1 fully saturated rings. The first-order chi connectivity index (χ1) is 14.0. The maximum absolute atomic E-state index is 14.1. The van der Waals surface area contributed by atoms with Crippen LogP contribution >= 0.6 is 19.1 Å². The van der Waals surface area contributed by atoms with E-state index in [2.05, 4.69) is 0 Å². The number of methoxy groups -OCH3 is 1. The lowest BCUT2D eigenvalue weighted by molar-refractivity contribution is -0.129. The van der Waals surface area contributed by atoms with Gasteiger partial charge in [0.1, 0.15) is 5.75 Å². The third kappa shape index (κ3) is 5.18. The van der Waals surface area contributed by atoms with Gasteiger partial charge in [0.2, 0.25) is 0 Å². The molecule has 3 rings (SSSR count). The van der Waals surface area contributed by atoms with Gasteiger partial charge in [0.05, 0.1) is 25.6 Å². The zero-order valence-corrected chi connectivity index (χ0v) is 17.7. The van der Waals surface area contributed by atoms with Crippen molar-refractivity contribution in [2.24, 2.45) is 0 Å². The summed E-state index contributed by atoms with van der Waals surface area (Å²) < 4.78 is 26.7. The largest absolute Gasteiger partial charge is 0.497 e. The van der Waals surface area contributed by atoms with Gasteiger partial charge < -0.3 is 9.26 Å². The number of benzene rings is 2. The van der Waals surface area contributed by atoms with Crippen LogP contribution in [0.1, 0.15) is 18.4 Å². The number of carbonyl (C=O) groups excluding carboxylic acids is 1. The van der Waals surface area contributed by atoms with Crippen LogP contribution in [0.25, 0.3) is 0 Å². The summed E-state index contributed by atoms with van der Waals surface area (Å²) in [5, 5.41) is 10.2. The molecule has 2 aromatic carbocycles. The Bertz CT molecular complexity index is 875. The highest BCUT2D eigenvalue weighted by Crippen LogP contribution is 2.53. The van der Waals surface area contributed by atoms with E-state index in [4.69, 9.17) is 26.1 Å². The van der Waals surface area contributed by atoms with E-state index in [1.807, 2.05) is 12.1 Å². The summed E-state index contributed by atoms with van der Waals surface area (Å²) in [5.41, 5.74) is 2.65. The van der Waals surface area contributed by atoms with Gasteiger partial charge in [-0.1, -0.05) is 23.7 Å². The number of hydroxylamine groups is 1. The van der Waals surface area contributed by atoms with E-state index in [1.54, 1.807) is 53.7 Å². The zero-order valence-electron chi connectivity index (χ0n) is 16.1. The fourth-order valence-electron chi connectivity index (χ4n) is 3.44. The number of nitrogens with zero attached hydrogens (tertiary/aromatic N) is 1. The summed E-state index contributed by atoms with van der Waals surface area (Å²) in [4.78, 5) is 12.0. The van der Waals surface area contributed by atoms with Gasteiger partial charge in [-0.15, -0.1) is 0 Å². The number of ether oxygens (including phenoxy) is 1. The summed E-state index contributed by atoms with van der Waals surface area (Å²) in [7, 11) is -1.98. The molecular formula is C20H24ClN2O5P. The Morgan fingerprint density at radius 3 is 2.59 bits per heavy atom. The van der Waals surface area contributed by atoms with Crippen LogP contribution in [0.4, 0.5) is 0 Å². The molecule has 1 aliphatic heterocycles. The first-order valence-electron chi connectivity index (χ1n) is 9.30. The van der Waals surface area contributed by atoms with Crippen molar-refractivity contribution in [2.45, 2.75) is 25.3 Å². The molecule has 29 heavy (non-hydrogen) atoms. The Kier molecular flexibility index (Phi) is 7.33. The lowest BCUT2D eigenvalue weighted by atomic mass is 10.0. The molecule has 1 amide bonds. The molecule has 1 heterocycles. The Morgan fingerprint density at radius 2 is 1.97 bits per heavy atom. The first-order valence-corrected chi connectivity index (χ1v) is 11.3. The molecule has 0 aliphatic carbocycles. The number of hydrogen-bond acceptors (Lipinski definition) is 5.